The lowest BCUT2D eigenvalue weighted by atomic mass is 9.94. The standard InChI is InChI=1S/C12H20N2S/c1-12(2,9-11-3-8-15-10-11)14-6-4-13-5-7-14/h3,8,10,13H,4-7,9H2,1-2H3. The van der Waals surface area contributed by atoms with E-state index in [0.29, 0.717) is 5.54 Å². The van der Waals surface area contributed by atoms with E-state index in [2.05, 4.69) is 40.9 Å². The van der Waals surface area contributed by atoms with E-state index in [0.717, 1.165) is 19.5 Å². The van der Waals surface area contributed by atoms with Crippen molar-refractivity contribution < 1.29 is 0 Å². The number of hydrogen-bond acceptors (Lipinski definition) is 3. The quantitative estimate of drug-likeness (QED) is 0.844. The van der Waals surface area contributed by atoms with Gasteiger partial charge in [0.15, 0.2) is 0 Å². The van der Waals surface area contributed by atoms with Crippen LogP contribution in [-0.2, 0) is 6.42 Å². The maximum absolute atomic E-state index is 3.41. The number of nitrogens with one attached hydrogen (secondary N) is 1. The van der Waals surface area contributed by atoms with Crippen LogP contribution in [0.25, 0.3) is 0 Å². The summed E-state index contributed by atoms with van der Waals surface area (Å²) in [5.41, 5.74) is 1.77. The molecule has 0 spiro atoms. The predicted octanol–water partition coefficient (Wildman–Crippen LogP) is 1.97. The van der Waals surface area contributed by atoms with Gasteiger partial charge in [-0.05, 0) is 42.7 Å². The molecule has 0 radical (unpaired) electrons. The van der Waals surface area contributed by atoms with Crippen LogP contribution in [0.3, 0.4) is 0 Å². The number of rotatable bonds is 3. The summed E-state index contributed by atoms with van der Waals surface area (Å²) in [6, 6.07) is 2.24. The van der Waals surface area contributed by atoms with Gasteiger partial charge in [0, 0.05) is 31.7 Å². The second-order valence-corrected chi connectivity index (χ2v) is 5.64. The molecular formula is C12H20N2S. The van der Waals surface area contributed by atoms with Crippen LogP contribution in [0.1, 0.15) is 19.4 Å². The van der Waals surface area contributed by atoms with Crippen molar-refractivity contribution in [2.24, 2.45) is 0 Å². The van der Waals surface area contributed by atoms with Crippen molar-refractivity contribution in [3.63, 3.8) is 0 Å². The Balaban J connectivity index is 1.98. The summed E-state index contributed by atoms with van der Waals surface area (Å²) < 4.78 is 0. The Morgan fingerprint density at radius 2 is 2.13 bits per heavy atom. The maximum atomic E-state index is 3.41. The van der Waals surface area contributed by atoms with Gasteiger partial charge in [-0.2, -0.15) is 11.3 Å². The highest BCUT2D eigenvalue weighted by Crippen LogP contribution is 2.22. The van der Waals surface area contributed by atoms with E-state index in [1.165, 1.54) is 18.7 Å². The Morgan fingerprint density at radius 1 is 1.40 bits per heavy atom. The molecule has 2 nitrogen and oxygen atoms in total. The number of piperazine rings is 1. The van der Waals surface area contributed by atoms with Crippen LogP contribution >= 0.6 is 11.3 Å². The van der Waals surface area contributed by atoms with E-state index in [-0.39, 0.29) is 0 Å². The van der Waals surface area contributed by atoms with Gasteiger partial charge >= 0.3 is 0 Å². The van der Waals surface area contributed by atoms with Crippen LogP contribution in [0.5, 0.6) is 0 Å². The lowest BCUT2D eigenvalue weighted by Gasteiger charge is -2.41. The smallest absolute Gasteiger partial charge is 0.0194 e. The summed E-state index contributed by atoms with van der Waals surface area (Å²) in [5.74, 6) is 0. The maximum Gasteiger partial charge on any atom is 0.0194 e. The van der Waals surface area contributed by atoms with Crippen molar-refractivity contribution in [1.82, 2.24) is 10.2 Å². The van der Waals surface area contributed by atoms with Gasteiger partial charge in [0.05, 0.1) is 0 Å². The topological polar surface area (TPSA) is 15.3 Å². The van der Waals surface area contributed by atoms with Crippen LogP contribution in [0.15, 0.2) is 16.8 Å². The highest BCUT2D eigenvalue weighted by Gasteiger charge is 2.27. The fourth-order valence-corrected chi connectivity index (χ4v) is 2.94. The molecule has 84 valence electrons. The average molecular weight is 224 g/mol. The molecule has 15 heavy (non-hydrogen) atoms. The molecule has 0 unspecified atom stereocenters. The molecule has 1 aliphatic heterocycles. The first-order chi connectivity index (χ1) is 7.18. The molecule has 0 saturated carbocycles. The summed E-state index contributed by atoms with van der Waals surface area (Å²) in [4.78, 5) is 2.60. The Bertz CT molecular complexity index is 287. The third-order valence-corrected chi connectivity index (χ3v) is 3.92. The lowest BCUT2D eigenvalue weighted by molar-refractivity contribution is 0.104. The first kappa shape index (κ1) is 11.1. The summed E-state index contributed by atoms with van der Waals surface area (Å²) in [6.07, 6.45) is 1.16. The molecule has 1 aromatic heterocycles. The second kappa shape index (κ2) is 4.64. The summed E-state index contributed by atoms with van der Waals surface area (Å²) >= 11 is 1.80. The molecule has 0 aliphatic carbocycles. The van der Waals surface area contributed by atoms with Crippen LogP contribution < -0.4 is 5.32 Å². The largest absolute Gasteiger partial charge is 0.314 e. The average Bonchev–Trinajstić information content (AvgIpc) is 2.71. The first-order valence-electron chi connectivity index (χ1n) is 5.65. The molecule has 0 amide bonds. The van der Waals surface area contributed by atoms with E-state index >= 15 is 0 Å². The second-order valence-electron chi connectivity index (χ2n) is 4.86. The van der Waals surface area contributed by atoms with Crippen LogP contribution in [0.4, 0.5) is 0 Å². The minimum atomic E-state index is 0.295. The molecule has 0 bridgehead atoms. The van der Waals surface area contributed by atoms with Crippen molar-refractivity contribution in [1.29, 1.82) is 0 Å². The molecule has 3 heteroatoms. The van der Waals surface area contributed by atoms with Gasteiger partial charge < -0.3 is 5.32 Å². The summed E-state index contributed by atoms with van der Waals surface area (Å²) in [7, 11) is 0. The monoisotopic (exact) mass is 224 g/mol. The van der Waals surface area contributed by atoms with E-state index in [1.807, 2.05) is 0 Å². The molecule has 2 rings (SSSR count). The van der Waals surface area contributed by atoms with E-state index < -0.39 is 0 Å². The van der Waals surface area contributed by atoms with Crippen molar-refractivity contribution >= 4 is 11.3 Å². The summed E-state index contributed by atoms with van der Waals surface area (Å²) in [5, 5.41) is 7.84. The Morgan fingerprint density at radius 3 is 2.73 bits per heavy atom. The van der Waals surface area contributed by atoms with Gasteiger partial charge in [-0.3, -0.25) is 4.90 Å². The Hall–Kier alpha value is -0.380. The zero-order valence-electron chi connectivity index (χ0n) is 9.62. The van der Waals surface area contributed by atoms with Crippen LogP contribution in [0, 0.1) is 0 Å². The number of thiophene rings is 1. The van der Waals surface area contributed by atoms with Gasteiger partial charge in [0.2, 0.25) is 0 Å². The van der Waals surface area contributed by atoms with Crippen LogP contribution in [-0.4, -0.2) is 36.6 Å². The van der Waals surface area contributed by atoms with Gasteiger partial charge in [-0.25, -0.2) is 0 Å². The van der Waals surface area contributed by atoms with Crippen molar-refractivity contribution in [3.8, 4) is 0 Å². The normalized spacial score (nSPS) is 19.3. The SMILES string of the molecule is CC(C)(Cc1ccsc1)N1CCNCC1. The van der Waals surface area contributed by atoms with Crippen LogP contribution in [0.2, 0.25) is 0 Å². The van der Waals surface area contributed by atoms with Crippen molar-refractivity contribution in [2.45, 2.75) is 25.8 Å². The molecule has 1 saturated heterocycles. The predicted molar refractivity (Wildman–Crippen MR) is 66.5 cm³/mol. The fraction of sp³-hybridized carbons (Fsp3) is 0.667. The molecule has 1 aliphatic rings. The highest BCUT2D eigenvalue weighted by molar-refractivity contribution is 7.07. The van der Waals surface area contributed by atoms with Gasteiger partial charge in [0.1, 0.15) is 0 Å². The van der Waals surface area contributed by atoms with Crippen molar-refractivity contribution in [3.05, 3.63) is 22.4 Å². The highest BCUT2D eigenvalue weighted by atomic mass is 32.1. The van der Waals surface area contributed by atoms with E-state index in [1.54, 1.807) is 11.3 Å². The van der Waals surface area contributed by atoms with E-state index in [9.17, 15) is 0 Å². The molecule has 1 aromatic rings. The first-order valence-corrected chi connectivity index (χ1v) is 6.60. The zero-order chi connectivity index (χ0) is 10.7. The number of hydrogen-bond donors (Lipinski definition) is 1. The molecule has 1 fully saturated rings. The molecular weight excluding hydrogens is 204 g/mol. The van der Waals surface area contributed by atoms with Gasteiger partial charge in [-0.15, -0.1) is 0 Å². The molecule has 0 atom stereocenters. The van der Waals surface area contributed by atoms with Gasteiger partial charge in [-0.1, -0.05) is 0 Å². The van der Waals surface area contributed by atoms with Gasteiger partial charge in [0.25, 0.3) is 0 Å². The van der Waals surface area contributed by atoms with E-state index in [4.69, 9.17) is 0 Å². The molecule has 1 N–H and O–H groups in total. The zero-order valence-corrected chi connectivity index (χ0v) is 10.4. The third-order valence-electron chi connectivity index (χ3n) is 3.19. The number of nitrogens with zero attached hydrogens (tertiary/aromatic N) is 1. The van der Waals surface area contributed by atoms with Crippen molar-refractivity contribution in [2.75, 3.05) is 26.2 Å². The summed E-state index contributed by atoms with van der Waals surface area (Å²) in [6.45, 7) is 9.33. The molecule has 2 heterocycles. The minimum Gasteiger partial charge on any atom is -0.314 e. The molecule has 0 aromatic carbocycles. The minimum absolute atomic E-state index is 0.295. The lowest BCUT2D eigenvalue weighted by Crippen LogP contribution is -2.54. The fourth-order valence-electron chi connectivity index (χ4n) is 2.27. The Labute approximate surface area is 96.3 Å². The third kappa shape index (κ3) is 2.80. The Kier molecular flexibility index (Phi) is 3.44.